The smallest absolute Gasteiger partial charge is 0.336 e. The number of nitrogens with zero attached hydrogens (tertiary/aromatic N) is 2. The summed E-state index contributed by atoms with van der Waals surface area (Å²) in [5.41, 5.74) is 7.83. The molecule has 0 amide bonds. The van der Waals surface area contributed by atoms with Gasteiger partial charge in [-0.15, -0.1) is 0 Å². The molecule has 2 aromatic heterocycles. The minimum Gasteiger partial charge on any atom is -0.478 e. The molecule has 1 aliphatic rings. The van der Waals surface area contributed by atoms with Crippen molar-refractivity contribution in [1.29, 1.82) is 0 Å². The Morgan fingerprint density at radius 3 is 2.45 bits per heavy atom. The van der Waals surface area contributed by atoms with E-state index in [4.69, 9.17) is 4.74 Å². The maximum atomic E-state index is 12.0. The fourth-order valence-electron chi connectivity index (χ4n) is 4.39. The average Bonchev–Trinajstić information content (AvgIpc) is 3.13. The lowest BCUT2D eigenvalue weighted by atomic mass is 9.98. The SMILES string of the molecule is Cc1ccc(-c2ccn3c(C(C)N4CCOCC4)c(C)c(C(=O)O)cc23)cc1C. The Morgan fingerprint density at radius 2 is 1.79 bits per heavy atom. The number of aromatic nitrogens is 1. The summed E-state index contributed by atoms with van der Waals surface area (Å²) in [6, 6.07) is 10.4. The van der Waals surface area contributed by atoms with Crippen molar-refractivity contribution >= 4 is 11.5 Å². The summed E-state index contributed by atoms with van der Waals surface area (Å²) in [6.07, 6.45) is 2.07. The standard InChI is InChI=1S/C24H28N2O3/c1-15-5-6-19(13-16(15)2)20-7-8-26-22(20)14-21(24(27)28)17(3)23(26)18(4)25-9-11-29-12-10-25/h5-8,13-14,18H,9-12H2,1-4H3,(H,27,28). The van der Waals surface area contributed by atoms with Crippen molar-refractivity contribution in [3.63, 3.8) is 0 Å². The molecule has 0 bridgehead atoms. The summed E-state index contributed by atoms with van der Waals surface area (Å²) in [7, 11) is 0. The van der Waals surface area contributed by atoms with E-state index in [1.165, 1.54) is 11.1 Å². The molecule has 1 fully saturated rings. The molecule has 1 aromatic carbocycles. The van der Waals surface area contributed by atoms with E-state index in [1.807, 2.05) is 13.0 Å². The zero-order chi connectivity index (χ0) is 20.7. The Labute approximate surface area is 171 Å². The number of pyridine rings is 1. The first-order valence-corrected chi connectivity index (χ1v) is 10.2. The summed E-state index contributed by atoms with van der Waals surface area (Å²) in [5, 5.41) is 9.88. The highest BCUT2D eigenvalue weighted by Gasteiger charge is 2.26. The minimum absolute atomic E-state index is 0.0979. The van der Waals surface area contributed by atoms with E-state index in [9.17, 15) is 9.90 Å². The van der Waals surface area contributed by atoms with Crippen molar-refractivity contribution in [3.8, 4) is 11.1 Å². The highest BCUT2D eigenvalue weighted by atomic mass is 16.5. The van der Waals surface area contributed by atoms with Crippen molar-refractivity contribution in [2.75, 3.05) is 26.3 Å². The van der Waals surface area contributed by atoms with Crippen LogP contribution in [0.15, 0.2) is 36.5 Å². The van der Waals surface area contributed by atoms with Crippen LogP contribution in [-0.4, -0.2) is 46.7 Å². The van der Waals surface area contributed by atoms with Crippen LogP contribution < -0.4 is 0 Å². The summed E-state index contributed by atoms with van der Waals surface area (Å²) >= 11 is 0. The molecule has 152 valence electrons. The van der Waals surface area contributed by atoms with Crippen molar-refractivity contribution in [2.45, 2.75) is 33.7 Å². The molecule has 5 nitrogen and oxygen atoms in total. The number of carboxylic acids is 1. The van der Waals surface area contributed by atoms with E-state index < -0.39 is 5.97 Å². The minimum atomic E-state index is -0.882. The van der Waals surface area contributed by atoms with Crippen LogP contribution in [0.4, 0.5) is 0 Å². The number of hydrogen-bond donors (Lipinski definition) is 1. The van der Waals surface area contributed by atoms with E-state index in [0.29, 0.717) is 18.8 Å². The first kappa shape index (κ1) is 19.7. The first-order valence-electron chi connectivity index (χ1n) is 10.2. The monoisotopic (exact) mass is 392 g/mol. The van der Waals surface area contributed by atoms with Crippen molar-refractivity contribution in [3.05, 3.63) is 64.5 Å². The third-order valence-electron chi connectivity index (χ3n) is 6.29. The van der Waals surface area contributed by atoms with Crippen LogP contribution in [0.2, 0.25) is 0 Å². The number of aryl methyl sites for hydroxylation is 2. The molecule has 0 saturated carbocycles. The van der Waals surface area contributed by atoms with Crippen molar-refractivity contribution in [1.82, 2.24) is 9.30 Å². The second-order valence-electron chi connectivity index (χ2n) is 7.98. The van der Waals surface area contributed by atoms with Crippen molar-refractivity contribution < 1.29 is 14.6 Å². The Hall–Kier alpha value is -2.63. The van der Waals surface area contributed by atoms with Gasteiger partial charge in [0.2, 0.25) is 0 Å². The Kier molecular flexibility index (Phi) is 5.19. The van der Waals surface area contributed by atoms with E-state index in [1.54, 1.807) is 0 Å². The lowest BCUT2D eigenvalue weighted by molar-refractivity contribution is 0.0187. The number of hydrogen-bond acceptors (Lipinski definition) is 3. The maximum absolute atomic E-state index is 12.0. The van der Waals surface area contributed by atoms with Crippen LogP contribution in [0.25, 0.3) is 16.6 Å². The zero-order valence-electron chi connectivity index (χ0n) is 17.5. The third-order valence-corrected chi connectivity index (χ3v) is 6.29. The number of morpholine rings is 1. The fraction of sp³-hybridized carbons (Fsp3) is 0.375. The van der Waals surface area contributed by atoms with Gasteiger partial charge < -0.3 is 14.2 Å². The normalized spacial score (nSPS) is 16.3. The van der Waals surface area contributed by atoms with Gasteiger partial charge in [-0.3, -0.25) is 4.90 Å². The molecule has 3 heterocycles. The van der Waals surface area contributed by atoms with Crippen LogP contribution in [0.1, 0.15) is 45.7 Å². The molecule has 29 heavy (non-hydrogen) atoms. The topological polar surface area (TPSA) is 54.2 Å². The largest absolute Gasteiger partial charge is 0.478 e. The highest BCUT2D eigenvalue weighted by Crippen LogP contribution is 2.34. The van der Waals surface area contributed by atoms with Crippen LogP contribution in [0, 0.1) is 20.8 Å². The van der Waals surface area contributed by atoms with Gasteiger partial charge in [0, 0.05) is 36.6 Å². The second-order valence-corrected chi connectivity index (χ2v) is 7.98. The Morgan fingerprint density at radius 1 is 1.07 bits per heavy atom. The van der Waals surface area contributed by atoms with Crippen LogP contribution in [-0.2, 0) is 4.74 Å². The quantitative estimate of drug-likeness (QED) is 0.704. The van der Waals surface area contributed by atoms with Gasteiger partial charge in [0.25, 0.3) is 0 Å². The molecule has 0 aliphatic carbocycles. The lowest BCUT2D eigenvalue weighted by Crippen LogP contribution is -2.39. The van der Waals surface area contributed by atoms with Crippen LogP contribution in [0.5, 0.6) is 0 Å². The van der Waals surface area contributed by atoms with Crippen LogP contribution >= 0.6 is 0 Å². The van der Waals surface area contributed by atoms with E-state index in [2.05, 4.69) is 60.5 Å². The molecule has 1 aliphatic heterocycles. The van der Waals surface area contributed by atoms with Gasteiger partial charge in [0.15, 0.2) is 0 Å². The lowest BCUT2D eigenvalue weighted by Gasteiger charge is -2.34. The van der Waals surface area contributed by atoms with Gasteiger partial charge in [0.05, 0.1) is 24.3 Å². The zero-order valence-corrected chi connectivity index (χ0v) is 17.5. The average molecular weight is 392 g/mol. The number of ether oxygens (including phenoxy) is 1. The van der Waals surface area contributed by atoms with Crippen molar-refractivity contribution in [2.24, 2.45) is 0 Å². The van der Waals surface area contributed by atoms with Gasteiger partial charge in [-0.1, -0.05) is 18.2 Å². The first-order chi connectivity index (χ1) is 13.9. The molecule has 1 saturated heterocycles. The molecule has 3 aromatic rings. The Balaban J connectivity index is 1.93. The molecule has 5 heteroatoms. The summed E-state index contributed by atoms with van der Waals surface area (Å²) in [5.74, 6) is -0.882. The summed E-state index contributed by atoms with van der Waals surface area (Å²) in [4.78, 5) is 14.4. The second kappa shape index (κ2) is 7.65. The van der Waals surface area contributed by atoms with E-state index in [0.717, 1.165) is 41.0 Å². The molecule has 1 N–H and O–H groups in total. The molecular weight excluding hydrogens is 364 g/mol. The molecular formula is C24H28N2O3. The predicted molar refractivity (Wildman–Crippen MR) is 115 cm³/mol. The van der Waals surface area contributed by atoms with Gasteiger partial charge in [0.1, 0.15) is 0 Å². The van der Waals surface area contributed by atoms with E-state index in [-0.39, 0.29) is 6.04 Å². The van der Waals surface area contributed by atoms with Gasteiger partial charge >= 0.3 is 5.97 Å². The fourth-order valence-corrected chi connectivity index (χ4v) is 4.39. The Bertz CT molecular complexity index is 1080. The molecule has 1 atom stereocenters. The highest BCUT2D eigenvalue weighted by molar-refractivity contribution is 5.94. The van der Waals surface area contributed by atoms with Gasteiger partial charge in [-0.25, -0.2) is 4.79 Å². The number of aromatic carboxylic acids is 1. The van der Waals surface area contributed by atoms with Gasteiger partial charge in [-0.05, 0) is 62.1 Å². The van der Waals surface area contributed by atoms with Gasteiger partial charge in [-0.2, -0.15) is 0 Å². The van der Waals surface area contributed by atoms with E-state index >= 15 is 0 Å². The molecule has 0 radical (unpaired) electrons. The number of benzene rings is 1. The summed E-state index contributed by atoms with van der Waals surface area (Å²) < 4.78 is 7.68. The summed E-state index contributed by atoms with van der Waals surface area (Å²) in [6.45, 7) is 11.4. The van der Waals surface area contributed by atoms with Crippen LogP contribution in [0.3, 0.4) is 0 Å². The predicted octanol–water partition coefficient (Wildman–Crippen LogP) is 4.62. The number of carbonyl (C=O) groups is 1. The maximum Gasteiger partial charge on any atom is 0.336 e. The number of fused-ring (bicyclic) bond motifs is 1. The third kappa shape index (κ3) is 3.45. The number of carboxylic acid groups (broad SMARTS) is 1. The molecule has 1 unspecified atom stereocenters. The molecule has 4 rings (SSSR count). The molecule has 0 spiro atoms. The number of rotatable bonds is 4.